The van der Waals surface area contributed by atoms with Crippen LogP contribution in [0.2, 0.25) is 0 Å². The van der Waals surface area contributed by atoms with Crippen LogP contribution in [0.5, 0.6) is 5.75 Å². The van der Waals surface area contributed by atoms with Crippen molar-refractivity contribution in [3.05, 3.63) is 29.8 Å². The van der Waals surface area contributed by atoms with Crippen molar-refractivity contribution in [2.45, 2.75) is 40.2 Å². The summed E-state index contributed by atoms with van der Waals surface area (Å²) in [4.78, 5) is 13.9. The SMILES string of the molecule is CCc1cccc(OC(C)C(=O)N(CC)CC)c1. The second-order valence-electron chi connectivity index (χ2n) is 4.27. The Morgan fingerprint density at radius 2 is 1.94 bits per heavy atom. The molecule has 0 saturated heterocycles. The van der Waals surface area contributed by atoms with Gasteiger partial charge in [0.1, 0.15) is 5.75 Å². The van der Waals surface area contributed by atoms with Crippen LogP contribution in [0.3, 0.4) is 0 Å². The lowest BCUT2D eigenvalue weighted by Gasteiger charge is -2.23. The van der Waals surface area contributed by atoms with E-state index in [1.807, 2.05) is 32.0 Å². The van der Waals surface area contributed by atoms with E-state index in [9.17, 15) is 4.79 Å². The lowest BCUT2D eigenvalue weighted by Crippen LogP contribution is -2.40. The number of carbonyl (C=O) groups excluding carboxylic acids is 1. The Balaban J connectivity index is 2.68. The van der Waals surface area contributed by atoms with E-state index in [4.69, 9.17) is 4.74 Å². The molecular weight excluding hydrogens is 226 g/mol. The van der Waals surface area contributed by atoms with E-state index in [-0.39, 0.29) is 5.91 Å². The summed E-state index contributed by atoms with van der Waals surface area (Å²) in [6.45, 7) is 9.30. The normalized spacial score (nSPS) is 12.0. The van der Waals surface area contributed by atoms with Gasteiger partial charge in [-0.15, -0.1) is 0 Å². The molecule has 1 rings (SSSR count). The third-order valence-electron chi connectivity index (χ3n) is 3.04. The highest BCUT2D eigenvalue weighted by molar-refractivity contribution is 5.80. The zero-order valence-electron chi connectivity index (χ0n) is 11.8. The molecule has 1 aromatic carbocycles. The molecule has 3 heteroatoms. The molecule has 0 aromatic heterocycles. The first-order valence-corrected chi connectivity index (χ1v) is 6.66. The van der Waals surface area contributed by atoms with Gasteiger partial charge in [0.2, 0.25) is 0 Å². The van der Waals surface area contributed by atoms with Crippen LogP contribution in [-0.2, 0) is 11.2 Å². The predicted octanol–water partition coefficient (Wildman–Crippen LogP) is 2.88. The van der Waals surface area contributed by atoms with E-state index in [1.165, 1.54) is 5.56 Å². The largest absolute Gasteiger partial charge is 0.481 e. The van der Waals surface area contributed by atoms with Crippen molar-refractivity contribution < 1.29 is 9.53 Å². The Labute approximate surface area is 110 Å². The molecule has 3 nitrogen and oxygen atoms in total. The standard InChI is InChI=1S/C15H23NO2/c1-5-13-9-8-10-14(11-13)18-12(4)15(17)16(6-2)7-3/h8-12H,5-7H2,1-4H3. The van der Waals surface area contributed by atoms with Gasteiger partial charge >= 0.3 is 0 Å². The number of likely N-dealkylation sites (N-methyl/N-ethyl adjacent to an activating group) is 1. The number of hydrogen-bond acceptors (Lipinski definition) is 2. The maximum Gasteiger partial charge on any atom is 0.263 e. The van der Waals surface area contributed by atoms with Crippen molar-refractivity contribution in [1.82, 2.24) is 4.90 Å². The summed E-state index contributed by atoms with van der Waals surface area (Å²) in [5, 5.41) is 0. The average Bonchev–Trinajstić information content (AvgIpc) is 2.40. The molecule has 1 unspecified atom stereocenters. The number of amides is 1. The molecule has 0 aliphatic rings. The van der Waals surface area contributed by atoms with E-state index >= 15 is 0 Å². The third kappa shape index (κ3) is 3.76. The Morgan fingerprint density at radius 1 is 1.28 bits per heavy atom. The molecule has 0 heterocycles. The van der Waals surface area contributed by atoms with E-state index < -0.39 is 6.10 Å². The van der Waals surface area contributed by atoms with E-state index in [0.29, 0.717) is 0 Å². The van der Waals surface area contributed by atoms with Crippen molar-refractivity contribution in [3.8, 4) is 5.75 Å². The molecule has 100 valence electrons. The quantitative estimate of drug-likeness (QED) is 0.776. The number of aryl methyl sites for hydroxylation is 1. The van der Waals surface area contributed by atoms with Gasteiger partial charge in [-0.3, -0.25) is 4.79 Å². The van der Waals surface area contributed by atoms with Gasteiger partial charge < -0.3 is 9.64 Å². The number of hydrogen-bond donors (Lipinski definition) is 0. The maximum absolute atomic E-state index is 12.1. The molecule has 1 atom stereocenters. The molecule has 0 bridgehead atoms. The van der Waals surface area contributed by atoms with E-state index in [0.717, 1.165) is 25.3 Å². The van der Waals surface area contributed by atoms with E-state index in [2.05, 4.69) is 13.0 Å². The highest BCUT2D eigenvalue weighted by atomic mass is 16.5. The fourth-order valence-corrected chi connectivity index (χ4v) is 1.89. The van der Waals surface area contributed by atoms with Crippen molar-refractivity contribution in [2.75, 3.05) is 13.1 Å². The molecule has 0 spiro atoms. The summed E-state index contributed by atoms with van der Waals surface area (Å²) in [5.74, 6) is 0.809. The smallest absolute Gasteiger partial charge is 0.263 e. The minimum absolute atomic E-state index is 0.0434. The minimum Gasteiger partial charge on any atom is -0.481 e. The first kappa shape index (κ1) is 14.6. The second-order valence-corrected chi connectivity index (χ2v) is 4.27. The topological polar surface area (TPSA) is 29.5 Å². The summed E-state index contributed by atoms with van der Waals surface area (Å²) in [7, 11) is 0. The molecule has 0 radical (unpaired) electrons. The first-order chi connectivity index (χ1) is 8.62. The van der Waals surface area contributed by atoms with Crippen molar-refractivity contribution >= 4 is 5.91 Å². The van der Waals surface area contributed by atoms with Gasteiger partial charge in [0.25, 0.3) is 5.91 Å². The zero-order chi connectivity index (χ0) is 13.5. The van der Waals surface area contributed by atoms with Crippen LogP contribution >= 0.6 is 0 Å². The number of rotatable bonds is 6. The maximum atomic E-state index is 12.1. The predicted molar refractivity (Wildman–Crippen MR) is 73.8 cm³/mol. The lowest BCUT2D eigenvalue weighted by atomic mass is 10.2. The summed E-state index contributed by atoms with van der Waals surface area (Å²) in [6, 6.07) is 7.91. The highest BCUT2D eigenvalue weighted by Gasteiger charge is 2.19. The lowest BCUT2D eigenvalue weighted by molar-refractivity contribution is -0.137. The fraction of sp³-hybridized carbons (Fsp3) is 0.533. The number of carbonyl (C=O) groups is 1. The van der Waals surface area contributed by atoms with Crippen LogP contribution in [0.25, 0.3) is 0 Å². The Bertz CT molecular complexity index is 386. The number of benzene rings is 1. The minimum atomic E-state index is -0.433. The number of ether oxygens (including phenoxy) is 1. The van der Waals surface area contributed by atoms with Crippen molar-refractivity contribution in [2.24, 2.45) is 0 Å². The molecule has 1 amide bonds. The van der Waals surface area contributed by atoms with Crippen LogP contribution < -0.4 is 4.74 Å². The van der Waals surface area contributed by atoms with Gasteiger partial charge in [0.05, 0.1) is 0 Å². The van der Waals surface area contributed by atoms with Crippen molar-refractivity contribution in [1.29, 1.82) is 0 Å². The second kappa shape index (κ2) is 7.04. The zero-order valence-corrected chi connectivity index (χ0v) is 11.8. The fourth-order valence-electron chi connectivity index (χ4n) is 1.89. The van der Waals surface area contributed by atoms with Gasteiger partial charge in [0, 0.05) is 13.1 Å². The van der Waals surface area contributed by atoms with Gasteiger partial charge in [-0.1, -0.05) is 19.1 Å². The van der Waals surface area contributed by atoms with Crippen LogP contribution in [0.4, 0.5) is 0 Å². The first-order valence-electron chi connectivity index (χ1n) is 6.66. The van der Waals surface area contributed by atoms with Crippen molar-refractivity contribution in [3.63, 3.8) is 0 Å². The summed E-state index contributed by atoms with van der Waals surface area (Å²) in [6.07, 6.45) is 0.535. The Morgan fingerprint density at radius 3 is 2.50 bits per heavy atom. The molecule has 1 aromatic rings. The monoisotopic (exact) mass is 249 g/mol. The van der Waals surface area contributed by atoms with Gasteiger partial charge in [-0.2, -0.15) is 0 Å². The van der Waals surface area contributed by atoms with Crippen LogP contribution in [0.1, 0.15) is 33.3 Å². The molecule has 0 aliphatic heterocycles. The summed E-state index contributed by atoms with van der Waals surface area (Å²) >= 11 is 0. The van der Waals surface area contributed by atoms with Gasteiger partial charge in [0.15, 0.2) is 6.10 Å². The molecule has 0 N–H and O–H groups in total. The Hall–Kier alpha value is -1.51. The molecule has 18 heavy (non-hydrogen) atoms. The van der Waals surface area contributed by atoms with E-state index in [1.54, 1.807) is 11.8 Å². The van der Waals surface area contributed by atoms with Crippen LogP contribution in [0.15, 0.2) is 24.3 Å². The third-order valence-corrected chi connectivity index (χ3v) is 3.04. The van der Waals surface area contributed by atoms with Gasteiger partial charge in [-0.05, 0) is 44.9 Å². The highest BCUT2D eigenvalue weighted by Crippen LogP contribution is 2.16. The summed E-state index contributed by atoms with van der Waals surface area (Å²) < 4.78 is 5.71. The average molecular weight is 249 g/mol. The molecule has 0 fully saturated rings. The van der Waals surface area contributed by atoms with Crippen LogP contribution in [-0.4, -0.2) is 30.0 Å². The van der Waals surface area contributed by atoms with Gasteiger partial charge in [-0.25, -0.2) is 0 Å². The molecule has 0 aliphatic carbocycles. The van der Waals surface area contributed by atoms with Crippen LogP contribution in [0, 0.1) is 0 Å². The molecule has 0 saturated carbocycles. The number of nitrogens with zero attached hydrogens (tertiary/aromatic N) is 1. The summed E-state index contributed by atoms with van der Waals surface area (Å²) in [5.41, 5.74) is 1.22. The Kier molecular flexibility index (Phi) is 5.69. The molecular formula is C15H23NO2.